The first-order chi connectivity index (χ1) is 16.0. The molecule has 3 heterocycles. The number of ether oxygens (including phenoxy) is 2. The maximum Gasteiger partial charge on any atom is 0.322 e. The van der Waals surface area contributed by atoms with Crippen LogP contribution in [0.2, 0.25) is 0 Å². The van der Waals surface area contributed by atoms with Gasteiger partial charge in [-0.1, -0.05) is 11.3 Å². The molecule has 1 saturated heterocycles. The van der Waals surface area contributed by atoms with Crippen molar-refractivity contribution in [1.29, 1.82) is 0 Å². The summed E-state index contributed by atoms with van der Waals surface area (Å²) in [6.45, 7) is 0.668. The molecule has 0 saturated carbocycles. The number of halogens is 2. The number of aromatic nitrogens is 2. The number of nitrogens with zero attached hydrogens (tertiary/aromatic N) is 3. The van der Waals surface area contributed by atoms with Crippen molar-refractivity contribution in [2.45, 2.75) is 18.9 Å². The standard InChI is InChI=1S/C21H17F2N5O4S/c22-13-5-3-11(8-14(13)23)24-18(29)20-27-26-19(33-20)15-2-1-7-28(15)21(30)25-12-4-6-16-17(9-12)32-10-31-16/h3-6,8-9,15H,1-2,7,10H2,(H,24,29)(H,25,30). The molecule has 1 aromatic heterocycles. The van der Waals surface area contributed by atoms with E-state index < -0.39 is 17.5 Å². The number of rotatable bonds is 4. The molecule has 2 aliphatic rings. The van der Waals surface area contributed by atoms with Gasteiger partial charge in [0.2, 0.25) is 11.8 Å². The Morgan fingerprint density at radius 1 is 1.00 bits per heavy atom. The number of hydrogen-bond donors (Lipinski definition) is 2. The number of likely N-dealkylation sites (tertiary alicyclic amines) is 1. The molecule has 12 heteroatoms. The van der Waals surface area contributed by atoms with E-state index in [-0.39, 0.29) is 29.6 Å². The lowest BCUT2D eigenvalue weighted by atomic mass is 10.2. The van der Waals surface area contributed by atoms with Gasteiger partial charge in [0.1, 0.15) is 5.01 Å². The molecule has 1 fully saturated rings. The predicted octanol–water partition coefficient (Wildman–Crippen LogP) is 4.17. The molecule has 0 spiro atoms. The van der Waals surface area contributed by atoms with E-state index in [0.717, 1.165) is 29.9 Å². The molecule has 170 valence electrons. The Bertz CT molecular complexity index is 1240. The Morgan fingerprint density at radius 3 is 2.64 bits per heavy atom. The summed E-state index contributed by atoms with van der Waals surface area (Å²) < 4.78 is 37.1. The lowest BCUT2D eigenvalue weighted by Crippen LogP contribution is -2.34. The van der Waals surface area contributed by atoms with Crippen molar-refractivity contribution in [2.75, 3.05) is 24.0 Å². The SMILES string of the molecule is O=C(Nc1ccc(F)c(F)c1)c1nnc(C2CCCN2C(=O)Nc2ccc3c(c2)OCO3)s1. The van der Waals surface area contributed by atoms with Crippen molar-refractivity contribution in [2.24, 2.45) is 0 Å². The number of carbonyl (C=O) groups is 2. The summed E-state index contributed by atoms with van der Waals surface area (Å²) in [6, 6.07) is 7.55. The summed E-state index contributed by atoms with van der Waals surface area (Å²) in [5.74, 6) is -1.49. The zero-order valence-corrected chi connectivity index (χ0v) is 17.8. The number of hydrogen-bond acceptors (Lipinski definition) is 7. The monoisotopic (exact) mass is 473 g/mol. The first kappa shape index (κ1) is 21.1. The summed E-state index contributed by atoms with van der Waals surface area (Å²) in [7, 11) is 0. The van der Waals surface area contributed by atoms with Gasteiger partial charge in [0.05, 0.1) is 6.04 Å². The molecule has 2 aliphatic heterocycles. The molecular weight excluding hydrogens is 456 g/mol. The van der Waals surface area contributed by atoms with E-state index in [2.05, 4.69) is 20.8 Å². The molecule has 2 N–H and O–H groups in total. The van der Waals surface area contributed by atoms with Crippen molar-refractivity contribution in [3.05, 3.63) is 58.0 Å². The van der Waals surface area contributed by atoms with Gasteiger partial charge in [-0.3, -0.25) is 4.79 Å². The van der Waals surface area contributed by atoms with Gasteiger partial charge in [0.25, 0.3) is 5.91 Å². The van der Waals surface area contributed by atoms with Crippen LogP contribution in [0.25, 0.3) is 0 Å². The van der Waals surface area contributed by atoms with Crippen LogP contribution in [0, 0.1) is 11.6 Å². The first-order valence-corrected chi connectivity index (χ1v) is 10.9. The fraction of sp³-hybridized carbons (Fsp3) is 0.238. The zero-order valence-electron chi connectivity index (χ0n) is 17.0. The number of benzene rings is 2. The molecular formula is C21H17F2N5O4S. The molecule has 0 radical (unpaired) electrons. The molecule has 2 aromatic carbocycles. The largest absolute Gasteiger partial charge is 0.454 e. The Morgan fingerprint density at radius 2 is 1.79 bits per heavy atom. The maximum atomic E-state index is 13.4. The highest BCUT2D eigenvalue weighted by Crippen LogP contribution is 2.36. The summed E-state index contributed by atoms with van der Waals surface area (Å²) >= 11 is 1.05. The van der Waals surface area contributed by atoms with Crippen LogP contribution >= 0.6 is 11.3 Å². The van der Waals surface area contributed by atoms with Crippen LogP contribution in [0.15, 0.2) is 36.4 Å². The topological polar surface area (TPSA) is 106 Å². The number of anilines is 2. The van der Waals surface area contributed by atoms with Crippen molar-refractivity contribution in [1.82, 2.24) is 15.1 Å². The van der Waals surface area contributed by atoms with Gasteiger partial charge in [0.15, 0.2) is 23.1 Å². The van der Waals surface area contributed by atoms with Crippen molar-refractivity contribution in [3.63, 3.8) is 0 Å². The number of urea groups is 1. The molecule has 0 bridgehead atoms. The second-order valence-electron chi connectivity index (χ2n) is 7.38. The molecule has 1 unspecified atom stereocenters. The lowest BCUT2D eigenvalue weighted by Gasteiger charge is -2.23. The summed E-state index contributed by atoms with van der Waals surface area (Å²) in [4.78, 5) is 27.0. The molecule has 33 heavy (non-hydrogen) atoms. The minimum atomic E-state index is -1.07. The van der Waals surface area contributed by atoms with Gasteiger partial charge < -0.3 is 25.0 Å². The molecule has 3 amide bonds. The predicted molar refractivity (Wildman–Crippen MR) is 114 cm³/mol. The van der Waals surface area contributed by atoms with E-state index in [1.54, 1.807) is 23.1 Å². The van der Waals surface area contributed by atoms with Gasteiger partial charge in [-0.25, -0.2) is 13.6 Å². The highest BCUT2D eigenvalue weighted by molar-refractivity contribution is 7.13. The summed E-state index contributed by atoms with van der Waals surface area (Å²) in [6.07, 6.45) is 1.45. The molecule has 9 nitrogen and oxygen atoms in total. The van der Waals surface area contributed by atoms with Crippen molar-refractivity contribution in [3.8, 4) is 11.5 Å². The number of carbonyl (C=O) groups excluding carboxylic acids is 2. The van der Waals surface area contributed by atoms with Crippen LogP contribution in [0.1, 0.15) is 33.7 Å². The van der Waals surface area contributed by atoms with E-state index in [9.17, 15) is 18.4 Å². The third-order valence-corrected chi connectivity index (χ3v) is 6.26. The second kappa shape index (κ2) is 8.62. The van der Waals surface area contributed by atoms with Gasteiger partial charge in [-0.15, -0.1) is 10.2 Å². The van der Waals surface area contributed by atoms with Crippen LogP contribution in [0.4, 0.5) is 25.0 Å². The number of nitrogens with one attached hydrogen (secondary N) is 2. The van der Waals surface area contributed by atoms with E-state index >= 15 is 0 Å². The third-order valence-electron chi connectivity index (χ3n) is 5.23. The Labute approximate surface area is 190 Å². The van der Waals surface area contributed by atoms with Crippen LogP contribution < -0.4 is 20.1 Å². The minimum Gasteiger partial charge on any atom is -0.454 e. The lowest BCUT2D eigenvalue weighted by molar-refractivity contribution is 0.102. The highest BCUT2D eigenvalue weighted by atomic mass is 32.1. The fourth-order valence-electron chi connectivity index (χ4n) is 3.66. The van der Waals surface area contributed by atoms with Crippen molar-refractivity contribution >= 4 is 34.6 Å². The normalized spacial score (nSPS) is 16.7. The van der Waals surface area contributed by atoms with Gasteiger partial charge in [0, 0.05) is 30.1 Å². The molecule has 3 aromatic rings. The average molecular weight is 473 g/mol. The Balaban J connectivity index is 1.26. The number of fused-ring (bicyclic) bond motifs is 1. The van der Waals surface area contributed by atoms with Crippen LogP contribution in [-0.2, 0) is 0 Å². The van der Waals surface area contributed by atoms with Crippen LogP contribution in [0.5, 0.6) is 11.5 Å². The van der Waals surface area contributed by atoms with Gasteiger partial charge in [-0.2, -0.15) is 0 Å². The molecule has 0 aliphatic carbocycles. The molecule has 1 atom stereocenters. The third kappa shape index (κ3) is 4.29. The van der Waals surface area contributed by atoms with E-state index in [4.69, 9.17) is 9.47 Å². The van der Waals surface area contributed by atoms with Crippen molar-refractivity contribution < 1.29 is 27.8 Å². The highest BCUT2D eigenvalue weighted by Gasteiger charge is 2.33. The zero-order chi connectivity index (χ0) is 22.9. The Hall–Kier alpha value is -3.80. The minimum absolute atomic E-state index is 0.0535. The van der Waals surface area contributed by atoms with Crippen LogP contribution in [0.3, 0.4) is 0 Å². The van der Waals surface area contributed by atoms with Gasteiger partial charge >= 0.3 is 6.03 Å². The van der Waals surface area contributed by atoms with Crippen LogP contribution in [-0.4, -0.2) is 40.4 Å². The summed E-state index contributed by atoms with van der Waals surface area (Å²) in [5.41, 5.74) is 0.667. The van der Waals surface area contributed by atoms with E-state index in [0.29, 0.717) is 35.2 Å². The average Bonchev–Trinajstić information content (AvgIpc) is 3.55. The fourth-order valence-corrected chi connectivity index (χ4v) is 4.54. The summed E-state index contributed by atoms with van der Waals surface area (Å²) in [5, 5.41) is 13.9. The first-order valence-electron chi connectivity index (χ1n) is 10.0. The smallest absolute Gasteiger partial charge is 0.322 e. The van der Waals surface area contributed by atoms with Gasteiger partial charge in [-0.05, 0) is 37.1 Å². The Kier molecular flexibility index (Phi) is 5.50. The van der Waals surface area contributed by atoms with E-state index in [1.807, 2.05) is 0 Å². The number of amides is 3. The quantitative estimate of drug-likeness (QED) is 0.589. The molecule has 5 rings (SSSR count). The maximum absolute atomic E-state index is 13.4. The van der Waals surface area contributed by atoms with E-state index in [1.165, 1.54) is 6.07 Å². The second-order valence-corrected chi connectivity index (χ2v) is 8.39.